The summed E-state index contributed by atoms with van der Waals surface area (Å²) in [7, 11) is 0. The van der Waals surface area contributed by atoms with Crippen LogP contribution >= 0.6 is 0 Å². The standard InChI is InChI=1S/C35H58O/c1-26(13-10-15-28(3)21-25-36)12-9-14-27(2)16-18-30-29(4)17-19-32-34(30,7)24-20-31-33(5,6)22-11-23-35(31,32)8/h13-14,17,21,30-32,36H,9-12,15-16,18-20,22-25H2,1-8H3/b26-13-,27-14-,28-21-/t30-,31+,32+,34+,35+/m0/s1. The molecule has 0 aromatic rings. The second kappa shape index (κ2) is 12.2. The summed E-state index contributed by atoms with van der Waals surface area (Å²) in [6, 6.07) is 0. The molecular formula is C35H58O. The minimum atomic E-state index is 0.159. The normalized spacial score (nSPS) is 35.2. The molecule has 0 unspecified atom stereocenters. The van der Waals surface area contributed by atoms with Crippen molar-refractivity contribution in [2.24, 2.45) is 34.0 Å². The maximum absolute atomic E-state index is 9.00. The lowest BCUT2D eigenvalue weighted by atomic mass is 9.39. The van der Waals surface area contributed by atoms with Gasteiger partial charge in [-0.2, -0.15) is 0 Å². The second-order valence-electron chi connectivity index (χ2n) is 14.2. The van der Waals surface area contributed by atoms with Gasteiger partial charge in [-0.1, -0.05) is 80.7 Å². The third-order valence-electron chi connectivity index (χ3n) is 11.2. The molecule has 36 heavy (non-hydrogen) atoms. The van der Waals surface area contributed by atoms with Crippen molar-refractivity contribution < 1.29 is 5.11 Å². The van der Waals surface area contributed by atoms with Crippen molar-refractivity contribution in [1.29, 1.82) is 0 Å². The number of hydrogen-bond donors (Lipinski definition) is 1. The average molecular weight is 495 g/mol. The number of allylic oxidation sites excluding steroid dienone is 7. The summed E-state index contributed by atoms with van der Waals surface area (Å²) in [6.45, 7) is 19.9. The molecule has 0 saturated heterocycles. The molecule has 0 aromatic carbocycles. The summed E-state index contributed by atoms with van der Waals surface area (Å²) < 4.78 is 0. The van der Waals surface area contributed by atoms with Crippen molar-refractivity contribution >= 4 is 0 Å². The molecular weight excluding hydrogens is 436 g/mol. The maximum atomic E-state index is 9.00. The summed E-state index contributed by atoms with van der Waals surface area (Å²) >= 11 is 0. The summed E-state index contributed by atoms with van der Waals surface area (Å²) in [6.07, 6.45) is 25.0. The van der Waals surface area contributed by atoms with Crippen LogP contribution in [0.15, 0.2) is 46.6 Å². The Morgan fingerprint density at radius 2 is 1.44 bits per heavy atom. The minimum absolute atomic E-state index is 0.159. The number of aliphatic hydroxyl groups excluding tert-OH is 1. The van der Waals surface area contributed by atoms with Crippen molar-refractivity contribution in [3.63, 3.8) is 0 Å². The molecule has 1 heteroatoms. The molecule has 0 aromatic heterocycles. The van der Waals surface area contributed by atoms with Gasteiger partial charge in [-0.05, 0) is 132 Å². The molecule has 0 spiro atoms. The predicted octanol–water partition coefficient (Wildman–Crippen LogP) is 10.4. The van der Waals surface area contributed by atoms with Crippen LogP contribution in [0.3, 0.4) is 0 Å². The third kappa shape index (κ3) is 6.48. The van der Waals surface area contributed by atoms with E-state index < -0.39 is 0 Å². The van der Waals surface area contributed by atoms with E-state index in [1.54, 1.807) is 11.1 Å². The average Bonchev–Trinajstić information content (AvgIpc) is 2.77. The highest BCUT2D eigenvalue weighted by Crippen LogP contribution is 2.68. The van der Waals surface area contributed by atoms with Crippen molar-refractivity contribution in [3.8, 4) is 0 Å². The molecule has 0 radical (unpaired) electrons. The van der Waals surface area contributed by atoms with Gasteiger partial charge >= 0.3 is 0 Å². The van der Waals surface area contributed by atoms with Crippen LogP contribution in [0.2, 0.25) is 0 Å². The van der Waals surface area contributed by atoms with E-state index in [4.69, 9.17) is 5.11 Å². The van der Waals surface area contributed by atoms with Gasteiger partial charge in [0.15, 0.2) is 0 Å². The van der Waals surface area contributed by atoms with Gasteiger partial charge in [-0.3, -0.25) is 0 Å². The van der Waals surface area contributed by atoms with Crippen molar-refractivity contribution in [1.82, 2.24) is 0 Å². The van der Waals surface area contributed by atoms with Crippen LogP contribution in [0.4, 0.5) is 0 Å². The molecule has 3 rings (SSSR count). The molecule has 5 atom stereocenters. The summed E-state index contributed by atoms with van der Waals surface area (Å²) in [5.41, 5.74) is 7.56. The third-order valence-corrected chi connectivity index (χ3v) is 11.2. The van der Waals surface area contributed by atoms with Crippen LogP contribution in [-0.4, -0.2) is 11.7 Å². The van der Waals surface area contributed by atoms with Gasteiger partial charge in [0.05, 0.1) is 6.61 Å². The Morgan fingerprint density at radius 3 is 2.08 bits per heavy atom. The summed E-state index contributed by atoms with van der Waals surface area (Å²) in [5, 5.41) is 9.00. The Hall–Kier alpha value is -1.08. The van der Waals surface area contributed by atoms with Crippen LogP contribution in [-0.2, 0) is 0 Å². The quantitative estimate of drug-likeness (QED) is 0.299. The van der Waals surface area contributed by atoms with E-state index in [2.05, 4.69) is 73.6 Å². The molecule has 3 aliphatic rings. The van der Waals surface area contributed by atoms with Crippen molar-refractivity contribution in [2.75, 3.05) is 6.61 Å². The van der Waals surface area contributed by atoms with Gasteiger partial charge in [-0.15, -0.1) is 0 Å². The van der Waals surface area contributed by atoms with E-state index >= 15 is 0 Å². The summed E-state index contributed by atoms with van der Waals surface area (Å²) in [5.74, 6) is 2.50. The lowest BCUT2D eigenvalue weighted by Gasteiger charge is -2.65. The fourth-order valence-electron chi connectivity index (χ4n) is 9.09. The van der Waals surface area contributed by atoms with Gasteiger partial charge in [0.1, 0.15) is 0 Å². The van der Waals surface area contributed by atoms with Crippen molar-refractivity contribution in [3.05, 3.63) is 46.6 Å². The first-order chi connectivity index (χ1) is 16.9. The first-order valence-corrected chi connectivity index (χ1v) is 15.2. The lowest BCUT2D eigenvalue weighted by molar-refractivity contribution is -0.145. The van der Waals surface area contributed by atoms with E-state index in [9.17, 15) is 0 Å². The Kier molecular flexibility index (Phi) is 9.98. The van der Waals surface area contributed by atoms with Crippen LogP contribution in [0, 0.1) is 34.0 Å². The van der Waals surface area contributed by atoms with E-state index in [1.165, 1.54) is 62.5 Å². The molecule has 0 bridgehead atoms. The SMILES string of the molecule is CC1=CC[C@H]2[C@]3(C)CCCC(C)(C)[C@H]3CC[C@]2(C)[C@H]1CC/C(C)=C\CC/C(C)=C\CC/C(C)=C\CO. The fraction of sp³-hybridized carbons (Fsp3) is 0.771. The van der Waals surface area contributed by atoms with E-state index in [0.717, 1.165) is 43.4 Å². The van der Waals surface area contributed by atoms with Gasteiger partial charge in [0, 0.05) is 0 Å². The number of fused-ring (bicyclic) bond motifs is 3. The van der Waals surface area contributed by atoms with Crippen LogP contribution < -0.4 is 0 Å². The monoisotopic (exact) mass is 494 g/mol. The molecule has 2 fully saturated rings. The van der Waals surface area contributed by atoms with Gasteiger partial charge < -0.3 is 5.11 Å². The zero-order valence-corrected chi connectivity index (χ0v) is 25.2. The fourth-order valence-corrected chi connectivity index (χ4v) is 9.09. The number of rotatable bonds is 10. The highest BCUT2D eigenvalue weighted by molar-refractivity contribution is 5.21. The zero-order chi connectivity index (χ0) is 26.6. The molecule has 1 N–H and O–H groups in total. The van der Waals surface area contributed by atoms with E-state index in [0.29, 0.717) is 16.2 Å². The Bertz CT molecular complexity index is 867. The lowest BCUT2D eigenvalue weighted by Crippen LogP contribution is -2.57. The Balaban J connectivity index is 1.58. The summed E-state index contributed by atoms with van der Waals surface area (Å²) in [4.78, 5) is 0. The maximum Gasteiger partial charge on any atom is 0.0614 e. The van der Waals surface area contributed by atoms with E-state index in [-0.39, 0.29) is 6.61 Å². The van der Waals surface area contributed by atoms with Gasteiger partial charge in [-0.25, -0.2) is 0 Å². The van der Waals surface area contributed by atoms with Crippen LogP contribution in [0.1, 0.15) is 132 Å². The van der Waals surface area contributed by atoms with E-state index in [1.807, 2.05) is 6.08 Å². The smallest absolute Gasteiger partial charge is 0.0614 e. The second-order valence-corrected chi connectivity index (χ2v) is 14.2. The molecule has 2 saturated carbocycles. The Labute approximate surface area is 224 Å². The number of aliphatic hydroxyl groups is 1. The Morgan fingerprint density at radius 1 is 0.833 bits per heavy atom. The largest absolute Gasteiger partial charge is 0.392 e. The van der Waals surface area contributed by atoms with Gasteiger partial charge in [0.2, 0.25) is 0 Å². The molecule has 204 valence electrons. The topological polar surface area (TPSA) is 20.2 Å². The van der Waals surface area contributed by atoms with Crippen LogP contribution in [0.5, 0.6) is 0 Å². The number of hydrogen-bond acceptors (Lipinski definition) is 1. The molecule has 1 nitrogen and oxygen atoms in total. The zero-order valence-electron chi connectivity index (χ0n) is 25.2. The first kappa shape index (κ1) is 29.5. The van der Waals surface area contributed by atoms with Crippen LogP contribution in [0.25, 0.3) is 0 Å². The minimum Gasteiger partial charge on any atom is -0.392 e. The molecule has 0 heterocycles. The van der Waals surface area contributed by atoms with Gasteiger partial charge in [0.25, 0.3) is 0 Å². The molecule has 0 amide bonds. The highest BCUT2D eigenvalue weighted by atomic mass is 16.2. The molecule has 3 aliphatic carbocycles. The predicted molar refractivity (Wildman–Crippen MR) is 158 cm³/mol. The highest BCUT2D eigenvalue weighted by Gasteiger charge is 2.60. The molecule has 0 aliphatic heterocycles. The van der Waals surface area contributed by atoms with Crippen molar-refractivity contribution in [2.45, 2.75) is 132 Å². The first-order valence-electron chi connectivity index (χ1n) is 15.2.